The summed E-state index contributed by atoms with van der Waals surface area (Å²) in [5.41, 5.74) is 0.526. The smallest absolute Gasteiger partial charge is 0.306 e. The maximum atomic E-state index is 11.9. The van der Waals surface area contributed by atoms with E-state index in [1.54, 1.807) is 24.3 Å². The number of halogens is 1. The molecule has 0 unspecified atom stereocenters. The van der Waals surface area contributed by atoms with Gasteiger partial charge in [-0.25, -0.2) is 0 Å². The summed E-state index contributed by atoms with van der Waals surface area (Å²) in [6.07, 6.45) is 5.42. The van der Waals surface area contributed by atoms with Crippen LogP contribution in [0.25, 0.3) is 0 Å². The minimum Gasteiger partial charge on any atom is -0.456 e. The number of esters is 1. The van der Waals surface area contributed by atoms with Gasteiger partial charge in [0.05, 0.1) is 10.7 Å². The number of fused-ring (bicyclic) bond motifs is 2. The molecule has 2 bridgehead atoms. The molecule has 0 aromatic heterocycles. The minimum absolute atomic E-state index is 0.259. The van der Waals surface area contributed by atoms with Gasteiger partial charge in [0, 0.05) is 6.42 Å². The summed E-state index contributed by atoms with van der Waals surface area (Å²) in [5, 5.41) is 3.10. The maximum absolute atomic E-state index is 11.9. The third-order valence-electron chi connectivity index (χ3n) is 4.83. The molecule has 0 spiro atoms. The predicted molar refractivity (Wildman–Crippen MR) is 84.6 cm³/mol. The Morgan fingerprint density at radius 1 is 1.23 bits per heavy atom. The van der Waals surface area contributed by atoms with E-state index in [0.717, 1.165) is 12.3 Å². The van der Waals surface area contributed by atoms with Crippen LogP contribution in [0.3, 0.4) is 0 Å². The lowest BCUT2D eigenvalue weighted by Crippen LogP contribution is -2.23. The van der Waals surface area contributed by atoms with Crippen LogP contribution in [0.15, 0.2) is 24.3 Å². The molecule has 0 saturated heterocycles. The Morgan fingerprint density at radius 3 is 2.73 bits per heavy atom. The van der Waals surface area contributed by atoms with Gasteiger partial charge in [0.25, 0.3) is 5.91 Å². The van der Waals surface area contributed by atoms with E-state index in [9.17, 15) is 9.59 Å². The Hall–Kier alpha value is -1.55. The molecular formula is C17H20ClNO3. The fourth-order valence-electron chi connectivity index (χ4n) is 3.79. The molecule has 1 aromatic carbocycles. The molecule has 4 nitrogen and oxygen atoms in total. The number of para-hydroxylation sites is 1. The van der Waals surface area contributed by atoms with Crippen LogP contribution < -0.4 is 5.32 Å². The van der Waals surface area contributed by atoms with Gasteiger partial charge in [-0.15, -0.1) is 0 Å². The Balaban J connectivity index is 1.41. The first kappa shape index (κ1) is 15.3. The van der Waals surface area contributed by atoms with Gasteiger partial charge in [0.15, 0.2) is 6.61 Å². The van der Waals surface area contributed by atoms with Crippen molar-refractivity contribution in [1.29, 1.82) is 0 Å². The van der Waals surface area contributed by atoms with Crippen molar-refractivity contribution in [2.24, 2.45) is 17.8 Å². The van der Waals surface area contributed by atoms with Crippen LogP contribution in [0.1, 0.15) is 32.1 Å². The van der Waals surface area contributed by atoms with Crippen molar-refractivity contribution in [2.75, 3.05) is 11.9 Å². The summed E-state index contributed by atoms with van der Waals surface area (Å²) >= 11 is 5.96. The van der Waals surface area contributed by atoms with Crippen LogP contribution in [-0.4, -0.2) is 18.5 Å². The van der Waals surface area contributed by atoms with E-state index < -0.39 is 0 Å². The Bertz CT molecular complexity index is 575. The summed E-state index contributed by atoms with van der Waals surface area (Å²) in [6, 6.07) is 6.96. The van der Waals surface area contributed by atoms with E-state index in [1.165, 1.54) is 19.3 Å². The van der Waals surface area contributed by atoms with E-state index in [4.69, 9.17) is 16.3 Å². The first-order chi connectivity index (χ1) is 10.6. The number of rotatable bonds is 5. The number of amides is 1. The van der Waals surface area contributed by atoms with E-state index in [-0.39, 0.29) is 18.5 Å². The third-order valence-corrected chi connectivity index (χ3v) is 5.16. The molecule has 5 heteroatoms. The molecule has 2 aliphatic rings. The summed E-state index contributed by atoms with van der Waals surface area (Å²) in [4.78, 5) is 23.7. The number of anilines is 1. The van der Waals surface area contributed by atoms with Crippen molar-refractivity contribution < 1.29 is 14.3 Å². The monoisotopic (exact) mass is 321 g/mol. The van der Waals surface area contributed by atoms with Gasteiger partial charge in [0.2, 0.25) is 0 Å². The lowest BCUT2D eigenvalue weighted by molar-refractivity contribution is -0.148. The quantitative estimate of drug-likeness (QED) is 0.842. The van der Waals surface area contributed by atoms with Gasteiger partial charge in [-0.1, -0.05) is 30.2 Å². The Labute approximate surface area is 135 Å². The zero-order valence-electron chi connectivity index (χ0n) is 12.4. The van der Waals surface area contributed by atoms with Crippen molar-refractivity contribution in [3.05, 3.63) is 29.3 Å². The van der Waals surface area contributed by atoms with Gasteiger partial charge in [0.1, 0.15) is 0 Å². The molecule has 0 aliphatic heterocycles. The fraction of sp³-hybridized carbons (Fsp3) is 0.529. The SMILES string of the molecule is O=C(COC(=O)C[C@H]1C[C@@H]2CC[C@H]1C2)Nc1ccccc1Cl. The van der Waals surface area contributed by atoms with E-state index in [2.05, 4.69) is 5.32 Å². The Morgan fingerprint density at radius 2 is 2.05 bits per heavy atom. The molecule has 2 aliphatic carbocycles. The molecule has 1 aromatic rings. The van der Waals surface area contributed by atoms with Crippen LogP contribution in [0.5, 0.6) is 0 Å². The highest BCUT2D eigenvalue weighted by molar-refractivity contribution is 6.33. The normalized spacial score (nSPS) is 26.0. The van der Waals surface area contributed by atoms with Crippen LogP contribution in [0, 0.1) is 17.8 Å². The summed E-state index contributed by atoms with van der Waals surface area (Å²) in [7, 11) is 0. The summed E-state index contributed by atoms with van der Waals surface area (Å²) in [5.74, 6) is 1.32. The van der Waals surface area contributed by atoms with Crippen molar-refractivity contribution in [1.82, 2.24) is 0 Å². The number of hydrogen-bond acceptors (Lipinski definition) is 3. The van der Waals surface area contributed by atoms with Gasteiger partial charge in [-0.05, 0) is 49.1 Å². The van der Waals surface area contributed by atoms with Gasteiger partial charge < -0.3 is 10.1 Å². The number of ether oxygens (including phenoxy) is 1. The number of benzene rings is 1. The van der Waals surface area contributed by atoms with Crippen LogP contribution >= 0.6 is 11.6 Å². The maximum Gasteiger partial charge on any atom is 0.306 e. The number of nitrogens with one attached hydrogen (secondary N) is 1. The second kappa shape index (κ2) is 6.69. The highest BCUT2D eigenvalue weighted by atomic mass is 35.5. The van der Waals surface area contributed by atoms with Gasteiger partial charge in [-0.3, -0.25) is 9.59 Å². The Kier molecular flexibility index (Phi) is 4.67. The topological polar surface area (TPSA) is 55.4 Å². The number of hydrogen-bond donors (Lipinski definition) is 1. The molecular weight excluding hydrogens is 302 g/mol. The molecule has 3 rings (SSSR count). The van der Waals surface area contributed by atoms with Crippen LogP contribution in [-0.2, 0) is 14.3 Å². The summed E-state index contributed by atoms with van der Waals surface area (Å²) in [6.45, 7) is -0.259. The minimum atomic E-state index is -0.366. The zero-order chi connectivity index (χ0) is 15.5. The lowest BCUT2D eigenvalue weighted by Gasteiger charge is -2.20. The average molecular weight is 322 g/mol. The fourth-order valence-corrected chi connectivity index (χ4v) is 3.98. The molecule has 1 amide bonds. The van der Waals surface area contributed by atoms with Crippen molar-refractivity contribution in [2.45, 2.75) is 32.1 Å². The van der Waals surface area contributed by atoms with E-state index in [1.807, 2.05) is 0 Å². The number of carbonyl (C=O) groups is 2. The van der Waals surface area contributed by atoms with Crippen molar-refractivity contribution in [3.8, 4) is 0 Å². The zero-order valence-corrected chi connectivity index (χ0v) is 13.1. The molecule has 0 radical (unpaired) electrons. The molecule has 2 saturated carbocycles. The molecule has 2 fully saturated rings. The standard InChI is InChI=1S/C17H20ClNO3/c18-14-3-1-2-4-15(14)19-16(20)10-22-17(21)9-13-8-11-5-6-12(13)7-11/h1-4,11-13H,5-10H2,(H,19,20)/t11-,12+,13-/m1/s1. The first-order valence-corrected chi connectivity index (χ1v) is 8.19. The third kappa shape index (κ3) is 3.61. The highest BCUT2D eigenvalue weighted by Gasteiger charge is 2.40. The summed E-state index contributed by atoms with van der Waals surface area (Å²) < 4.78 is 5.09. The molecule has 118 valence electrons. The molecule has 3 atom stereocenters. The first-order valence-electron chi connectivity index (χ1n) is 7.82. The highest BCUT2D eigenvalue weighted by Crippen LogP contribution is 2.49. The van der Waals surface area contributed by atoms with Gasteiger partial charge in [-0.2, -0.15) is 0 Å². The molecule has 0 heterocycles. The largest absolute Gasteiger partial charge is 0.456 e. The lowest BCUT2D eigenvalue weighted by atomic mass is 9.86. The van der Waals surface area contributed by atoms with Crippen molar-refractivity contribution in [3.63, 3.8) is 0 Å². The molecule has 1 N–H and O–H groups in total. The van der Waals surface area contributed by atoms with E-state index in [0.29, 0.717) is 29.0 Å². The molecule has 22 heavy (non-hydrogen) atoms. The second-order valence-electron chi connectivity index (χ2n) is 6.33. The van der Waals surface area contributed by atoms with E-state index >= 15 is 0 Å². The van der Waals surface area contributed by atoms with Crippen LogP contribution in [0.2, 0.25) is 5.02 Å². The second-order valence-corrected chi connectivity index (χ2v) is 6.73. The number of carbonyl (C=O) groups excluding carboxylic acids is 2. The average Bonchev–Trinajstić information content (AvgIpc) is 3.10. The van der Waals surface area contributed by atoms with Crippen LogP contribution in [0.4, 0.5) is 5.69 Å². The van der Waals surface area contributed by atoms with Gasteiger partial charge >= 0.3 is 5.97 Å². The van der Waals surface area contributed by atoms with Crippen molar-refractivity contribution >= 4 is 29.2 Å². The predicted octanol–water partition coefficient (Wildman–Crippen LogP) is 3.65.